The van der Waals surface area contributed by atoms with E-state index in [0.29, 0.717) is 6.07 Å². The lowest BCUT2D eigenvalue weighted by molar-refractivity contribution is -0.137. The third kappa shape index (κ3) is 7.19. The fourth-order valence-corrected chi connectivity index (χ4v) is 4.17. The summed E-state index contributed by atoms with van der Waals surface area (Å²) in [5.74, 6) is -0.242. The Hall–Kier alpha value is -3.59. The van der Waals surface area contributed by atoms with E-state index in [2.05, 4.69) is 0 Å². The molecule has 0 radical (unpaired) electrons. The Labute approximate surface area is 202 Å². The van der Waals surface area contributed by atoms with Gasteiger partial charge in [0.05, 0.1) is 5.56 Å². The van der Waals surface area contributed by atoms with E-state index in [1.165, 1.54) is 18.2 Å². The molecule has 0 fully saturated rings. The van der Waals surface area contributed by atoms with E-state index in [-0.39, 0.29) is 24.2 Å². The van der Waals surface area contributed by atoms with Crippen LogP contribution < -0.4 is 4.18 Å². The van der Waals surface area contributed by atoms with Gasteiger partial charge in [-0.05, 0) is 61.4 Å². The first-order valence-corrected chi connectivity index (χ1v) is 12.1. The molecule has 35 heavy (non-hydrogen) atoms. The molecule has 1 amide bonds. The minimum absolute atomic E-state index is 0.0578. The summed E-state index contributed by atoms with van der Waals surface area (Å²) in [7, 11) is -4.47. The van der Waals surface area contributed by atoms with E-state index in [9.17, 15) is 26.4 Å². The smallest absolute Gasteiger partial charge is 0.379 e. The monoisotopic (exact) mass is 503 g/mol. The molecule has 184 valence electrons. The Kier molecular flexibility index (Phi) is 8.01. The van der Waals surface area contributed by atoms with Gasteiger partial charge in [0, 0.05) is 18.7 Å². The molecule has 0 saturated carbocycles. The molecular formula is C26H24F3NO4S. The Morgan fingerprint density at radius 2 is 1.63 bits per heavy atom. The van der Waals surface area contributed by atoms with Crippen molar-refractivity contribution >= 4 is 22.1 Å². The maximum Gasteiger partial charge on any atom is 0.416 e. The predicted molar refractivity (Wildman–Crippen MR) is 127 cm³/mol. The lowest BCUT2D eigenvalue weighted by atomic mass is 10.1. The maximum atomic E-state index is 12.9. The van der Waals surface area contributed by atoms with Gasteiger partial charge in [-0.2, -0.15) is 21.6 Å². The topological polar surface area (TPSA) is 63.7 Å². The molecule has 0 bridgehead atoms. The van der Waals surface area contributed by atoms with Crippen molar-refractivity contribution in [2.75, 3.05) is 0 Å². The van der Waals surface area contributed by atoms with Crippen LogP contribution in [0.4, 0.5) is 13.2 Å². The van der Waals surface area contributed by atoms with Crippen LogP contribution >= 0.6 is 0 Å². The van der Waals surface area contributed by atoms with Gasteiger partial charge in [-0.25, -0.2) is 0 Å². The second-order valence-electron chi connectivity index (χ2n) is 8.01. The zero-order valence-electron chi connectivity index (χ0n) is 19.1. The summed E-state index contributed by atoms with van der Waals surface area (Å²) in [6.07, 6.45) is -1.45. The van der Waals surface area contributed by atoms with Gasteiger partial charge in [0.25, 0.3) is 0 Å². The molecule has 0 aliphatic carbocycles. The van der Waals surface area contributed by atoms with Gasteiger partial charge in [0.2, 0.25) is 5.91 Å². The van der Waals surface area contributed by atoms with Crippen molar-refractivity contribution in [3.63, 3.8) is 0 Å². The summed E-state index contributed by atoms with van der Waals surface area (Å²) < 4.78 is 68.7. The summed E-state index contributed by atoms with van der Waals surface area (Å²) in [6, 6.07) is 18.6. The molecule has 0 spiro atoms. The number of hydrogen-bond donors (Lipinski definition) is 0. The van der Waals surface area contributed by atoms with Gasteiger partial charge in [-0.3, -0.25) is 4.79 Å². The lowest BCUT2D eigenvalue weighted by Crippen LogP contribution is -2.35. The molecular weight excluding hydrogens is 479 g/mol. The minimum Gasteiger partial charge on any atom is -0.379 e. The highest BCUT2D eigenvalue weighted by Crippen LogP contribution is 2.31. The summed E-state index contributed by atoms with van der Waals surface area (Å²) in [5.41, 5.74) is 0.536. The molecule has 3 aromatic rings. The first kappa shape index (κ1) is 26.0. The van der Waals surface area contributed by atoms with Crippen LogP contribution in [0.25, 0.3) is 6.08 Å². The van der Waals surface area contributed by atoms with E-state index in [0.717, 1.165) is 29.3 Å². The zero-order chi connectivity index (χ0) is 25.6. The summed E-state index contributed by atoms with van der Waals surface area (Å²) >= 11 is 0. The largest absolute Gasteiger partial charge is 0.416 e. The van der Waals surface area contributed by atoms with Crippen LogP contribution in [-0.2, 0) is 27.6 Å². The average Bonchev–Trinajstić information content (AvgIpc) is 2.82. The molecule has 0 aliphatic heterocycles. The standard InChI is InChI=1S/C26H24F3NO4S/c1-19(2)30(25(31)16-13-20-7-4-3-5-8-20)18-21-11-14-23(15-12-21)34-35(32,33)24-10-6-9-22(17-24)26(27,28)29/h3-17,19H,18H2,1-2H3. The highest BCUT2D eigenvalue weighted by molar-refractivity contribution is 7.87. The molecule has 3 rings (SSSR count). The molecule has 0 unspecified atom stereocenters. The predicted octanol–water partition coefficient (Wildman–Crippen LogP) is 5.92. The molecule has 0 N–H and O–H groups in total. The lowest BCUT2D eigenvalue weighted by Gasteiger charge is -2.25. The van der Waals surface area contributed by atoms with Crippen molar-refractivity contribution in [2.24, 2.45) is 0 Å². The van der Waals surface area contributed by atoms with E-state index in [1.807, 2.05) is 44.2 Å². The Balaban J connectivity index is 1.70. The van der Waals surface area contributed by atoms with Crippen LogP contribution in [-0.4, -0.2) is 25.3 Å². The van der Waals surface area contributed by atoms with E-state index in [4.69, 9.17) is 4.18 Å². The molecule has 3 aromatic carbocycles. The summed E-state index contributed by atoms with van der Waals surface area (Å²) in [5, 5.41) is 0. The van der Waals surface area contributed by atoms with Crippen molar-refractivity contribution in [3.8, 4) is 5.75 Å². The molecule has 0 aromatic heterocycles. The number of hydrogen-bond acceptors (Lipinski definition) is 4. The van der Waals surface area contributed by atoms with Gasteiger partial charge in [0.15, 0.2) is 0 Å². The minimum atomic E-state index is -4.68. The van der Waals surface area contributed by atoms with Crippen molar-refractivity contribution < 1.29 is 30.6 Å². The van der Waals surface area contributed by atoms with Gasteiger partial charge in [-0.15, -0.1) is 0 Å². The molecule has 0 aliphatic rings. The van der Waals surface area contributed by atoms with Gasteiger partial charge < -0.3 is 9.08 Å². The number of alkyl halides is 3. The van der Waals surface area contributed by atoms with Crippen molar-refractivity contribution in [1.82, 2.24) is 4.90 Å². The maximum absolute atomic E-state index is 12.9. The SMILES string of the molecule is CC(C)N(Cc1ccc(OS(=O)(=O)c2cccc(C(F)(F)F)c2)cc1)C(=O)C=Cc1ccccc1. The Bertz CT molecular complexity index is 1290. The van der Waals surface area contributed by atoms with E-state index < -0.39 is 26.8 Å². The first-order valence-electron chi connectivity index (χ1n) is 10.7. The Morgan fingerprint density at radius 3 is 2.23 bits per heavy atom. The highest BCUT2D eigenvalue weighted by atomic mass is 32.2. The van der Waals surface area contributed by atoms with Crippen LogP contribution in [0.15, 0.2) is 89.8 Å². The molecule has 0 heterocycles. The highest BCUT2D eigenvalue weighted by Gasteiger charge is 2.32. The third-order valence-electron chi connectivity index (χ3n) is 5.06. The fourth-order valence-electron chi connectivity index (χ4n) is 3.19. The Morgan fingerprint density at radius 1 is 0.971 bits per heavy atom. The van der Waals surface area contributed by atoms with Gasteiger partial charge in [0.1, 0.15) is 10.6 Å². The van der Waals surface area contributed by atoms with Gasteiger partial charge >= 0.3 is 16.3 Å². The summed E-state index contributed by atoms with van der Waals surface area (Å²) in [6.45, 7) is 4.04. The van der Waals surface area contributed by atoms with Crippen molar-refractivity contribution in [2.45, 2.75) is 37.5 Å². The normalized spacial score (nSPS) is 12.2. The summed E-state index contributed by atoms with van der Waals surface area (Å²) in [4.78, 5) is 13.8. The number of amides is 1. The molecule has 9 heteroatoms. The number of halogens is 3. The quantitative estimate of drug-likeness (QED) is 0.283. The third-order valence-corrected chi connectivity index (χ3v) is 6.30. The van der Waals surface area contributed by atoms with E-state index >= 15 is 0 Å². The van der Waals surface area contributed by atoms with Crippen LogP contribution in [0.5, 0.6) is 5.75 Å². The number of carbonyl (C=O) groups excluding carboxylic acids is 1. The molecule has 0 atom stereocenters. The van der Waals surface area contributed by atoms with Gasteiger partial charge in [-0.1, -0.05) is 48.5 Å². The number of benzene rings is 3. The molecule has 0 saturated heterocycles. The fraction of sp³-hybridized carbons (Fsp3) is 0.192. The number of rotatable bonds is 8. The second kappa shape index (κ2) is 10.8. The van der Waals surface area contributed by atoms with Crippen LogP contribution in [0, 0.1) is 0 Å². The van der Waals surface area contributed by atoms with Crippen LogP contribution in [0.3, 0.4) is 0 Å². The van der Waals surface area contributed by atoms with Crippen LogP contribution in [0.1, 0.15) is 30.5 Å². The second-order valence-corrected chi connectivity index (χ2v) is 9.56. The zero-order valence-corrected chi connectivity index (χ0v) is 19.9. The van der Waals surface area contributed by atoms with E-state index in [1.54, 1.807) is 23.1 Å². The van der Waals surface area contributed by atoms with Crippen molar-refractivity contribution in [3.05, 3.63) is 102 Å². The number of nitrogens with zero attached hydrogens (tertiary/aromatic N) is 1. The molecule has 5 nitrogen and oxygen atoms in total. The average molecular weight is 504 g/mol. The first-order chi connectivity index (χ1) is 16.5. The van der Waals surface area contributed by atoms with Crippen molar-refractivity contribution in [1.29, 1.82) is 0 Å². The van der Waals surface area contributed by atoms with Crippen LogP contribution in [0.2, 0.25) is 0 Å². The number of carbonyl (C=O) groups is 1.